The van der Waals surface area contributed by atoms with Gasteiger partial charge in [0.25, 0.3) is 0 Å². The number of nitrogens with one attached hydrogen (secondary N) is 1. The average molecular weight is 398 g/mol. The standard InChI is InChI=1S/C21H32FN3O.ClH/c22-19-11-9-18(10-12-19)6-4-5-13-24-14-16-25(17-15-24)21(26)23-20-7-2-1-3-8-20;/h9-12,20H,1-8,13-17H2,(H,23,26);1H. The number of carbonyl (C=O) groups excluding carboxylic acids is 1. The Morgan fingerprint density at radius 3 is 2.33 bits per heavy atom. The lowest BCUT2D eigenvalue weighted by Crippen LogP contribution is -2.53. The van der Waals surface area contributed by atoms with Crippen LogP contribution in [0.25, 0.3) is 0 Å². The van der Waals surface area contributed by atoms with Crippen LogP contribution in [0.4, 0.5) is 9.18 Å². The van der Waals surface area contributed by atoms with Gasteiger partial charge in [-0.3, -0.25) is 4.90 Å². The zero-order chi connectivity index (χ0) is 18.2. The summed E-state index contributed by atoms with van der Waals surface area (Å²) in [7, 11) is 0. The number of piperazine rings is 1. The van der Waals surface area contributed by atoms with Crippen LogP contribution in [0.5, 0.6) is 0 Å². The third-order valence-electron chi connectivity index (χ3n) is 5.70. The molecule has 1 aliphatic carbocycles. The topological polar surface area (TPSA) is 35.6 Å². The quantitative estimate of drug-likeness (QED) is 0.729. The molecule has 0 spiro atoms. The minimum atomic E-state index is -0.167. The zero-order valence-corrected chi connectivity index (χ0v) is 17.0. The first-order valence-electron chi connectivity index (χ1n) is 10.2. The lowest BCUT2D eigenvalue weighted by atomic mass is 9.96. The van der Waals surface area contributed by atoms with E-state index >= 15 is 0 Å². The molecule has 27 heavy (non-hydrogen) atoms. The van der Waals surface area contributed by atoms with Crippen molar-refractivity contribution in [3.63, 3.8) is 0 Å². The van der Waals surface area contributed by atoms with Crippen molar-refractivity contribution < 1.29 is 9.18 Å². The molecule has 1 saturated heterocycles. The van der Waals surface area contributed by atoms with Crippen LogP contribution >= 0.6 is 12.4 Å². The summed E-state index contributed by atoms with van der Waals surface area (Å²) in [5, 5.41) is 3.22. The molecule has 2 aliphatic rings. The Morgan fingerprint density at radius 1 is 1.00 bits per heavy atom. The Hall–Kier alpha value is -1.33. The normalized spacial score (nSPS) is 18.8. The third kappa shape index (κ3) is 7.30. The van der Waals surface area contributed by atoms with Crippen LogP contribution < -0.4 is 5.32 Å². The van der Waals surface area contributed by atoms with Crippen molar-refractivity contribution in [1.82, 2.24) is 15.1 Å². The van der Waals surface area contributed by atoms with Crippen molar-refractivity contribution in [3.8, 4) is 0 Å². The fraction of sp³-hybridized carbons (Fsp3) is 0.667. The number of nitrogens with zero attached hydrogens (tertiary/aromatic N) is 2. The van der Waals surface area contributed by atoms with E-state index in [2.05, 4.69) is 10.2 Å². The summed E-state index contributed by atoms with van der Waals surface area (Å²) in [4.78, 5) is 16.8. The minimum absolute atomic E-state index is 0. The Bertz CT molecular complexity index is 555. The van der Waals surface area contributed by atoms with Gasteiger partial charge in [-0.1, -0.05) is 31.4 Å². The monoisotopic (exact) mass is 397 g/mol. The lowest BCUT2D eigenvalue weighted by Gasteiger charge is -2.36. The first kappa shape index (κ1) is 22.0. The molecule has 4 nitrogen and oxygen atoms in total. The summed E-state index contributed by atoms with van der Waals surface area (Å²) >= 11 is 0. The van der Waals surface area contributed by atoms with Gasteiger partial charge in [-0.05, 0) is 56.3 Å². The van der Waals surface area contributed by atoms with Crippen LogP contribution in [0.15, 0.2) is 24.3 Å². The van der Waals surface area contributed by atoms with Crippen molar-refractivity contribution in [2.45, 2.75) is 57.4 Å². The van der Waals surface area contributed by atoms with Gasteiger partial charge >= 0.3 is 6.03 Å². The van der Waals surface area contributed by atoms with E-state index in [1.54, 1.807) is 0 Å². The molecule has 1 saturated carbocycles. The van der Waals surface area contributed by atoms with Crippen molar-refractivity contribution in [2.75, 3.05) is 32.7 Å². The Kier molecular flexibility index (Phi) is 9.35. The number of halogens is 2. The molecule has 1 aliphatic heterocycles. The van der Waals surface area contributed by atoms with E-state index < -0.39 is 0 Å². The van der Waals surface area contributed by atoms with Gasteiger partial charge < -0.3 is 10.2 Å². The predicted octanol–water partition coefficient (Wildman–Crippen LogP) is 4.23. The molecule has 0 radical (unpaired) electrons. The first-order chi connectivity index (χ1) is 12.7. The van der Waals surface area contributed by atoms with Crippen LogP contribution in [-0.4, -0.2) is 54.6 Å². The summed E-state index contributed by atoms with van der Waals surface area (Å²) in [5.74, 6) is -0.167. The molecular weight excluding hydrogens is 365 g/mol. The summed E-state index contributed by atoms with van der Waals surface area (Å²) in [5.41, 5.74) is 1.20. The van der Waals surface area contributed by atoms with Crippen LogP contribution in [0, 0.1) is 5.82 Å². The predicted molar refractivity (Wildman–Crippen MR) is 110 cm³/mol. The van der Waals surface area contributed by atoms with E-state index in [0.717, 1.165) is 64.8 Å². The zero-order valence-electron chi connectivity index (χ0n) is 16.2. The molecular formula is C21H33ClFN3O. The summed E-state index contributed by atoms with van der Waals surface area (Å²) in [6.07, 6.45) is 9.35. The van der Waals surface area contributed by atoms with E-state index in [1.807, 2.05) is 17.0 Å². The highest BCUT2D eigenvalue weighted by Gasteiger charge is 2.23. The van der Waals surface area contributed by atoms with Crippen LogP contribution in [0.3, 0.4) is 0 Å². The molecule has 1 N–H and O–H groups in total. The molecule has 3 rings (SSSR count). The Morgan fingerprint density at radius 2 is 1.67 bits per heavy atom. The van der Waals surface area contributed by atoms with E-state index in [0.29, 0.717) is 6.04 Å². The van der Waals surface area contributed by atoms with Gasteiger partial charge in [0.1, 0.15) is 5.82 Å². The molecule has 6 heteroatoms. The Labute approximate surface area is 168 Å². The lowest BCUT2D eigenvalue weighted by molar-refractivity contribution is 0.134. The third-order valence-corrected chi connectivity index (χ3v) is 5.70. The summed E-state index contributed by atoms with van der Waals surface area (Å²) in [6, 6.07) is 7.34. The van der Waals surface area contributed by atoms with Gasteiger partial charge in [0.2, 0.25) is 0 Å². The number of hydrogen-bond donors (Lipinski definition) is 1. The van der Waals surface area contributed by atoms with E-state index in [4.69, 9.17) is 0 Å². The van der Waals surface area contributed by atoms with Gasteiger partial charge in [0, 0.05) is 32.2 Å². The van der Waals surface area contributed by atoms with Gasteiger partial charge in [-0.15, -0.1) is 12.4 Å². The highest BCUT2D eigenvalue weighted by atomic mass is 35.5. The highest BCUT2D eigenvalue weighted by Crippen LogP contribution is 2.18. The van der Waals surface area contributed by atoms with Gasteiger partial charge in [0.05, 0.1) is 0 Å². The average Bonchev–Trinajstić information content (AvgIpc) is 2.68. The number of benzene rings is 1. The van der Waals surface area contributed by atoms with Crippen LogP contribution in [0.2, 0.25) is 0 Å². The molecule has 0 atom stereocenters. The molecule has 0 bridgehead atoms. The van der Waals surface area contributed by atoms with Crippen molar-refractivity contribution in [3.05, 3.63) is 35.6 Å². The molecule has 1 aromatic rings. The van der Waals surface area contributed by atoms with Crippen molar-refractivity contribution in [1.29, 1.82) is 0 Å². The number of amides is 2. The maximum absolute atomic E-state index is 12.9. The number of aryl methyl sites for hydroxylation is 1. The van der Waals surface area contributed by atoms with E-state index in [9.17, 15) is 9.18 Å². The van der Waals surface area contributed by atoms with Crippen molar-refractivity contribution >= 4 is 18.4 Å². The second kappa shape index (κ2) is 11.5. The molecule has 1 aromatic carbocycles. The van der Waals surface area contributed by atoms with E-state index in [-0.39, 0.29) is 24.3 Å². The maximum Gasteiger partial charge on any atom is 0.317 e. The second-order valence-corrected chi connectivity index (χ2v) is 7.70. The smallest absolute Gasteiger partial charge is 0.317 e. The number of rotatable bonds is 6. The van der Waals surface area contributed by atoms with E-state index in [1.165, 1.54) is 37.0 Å². The maximum atomic E-state index is 12.9. The largest absolute Gasteiger partial charge is 0.335 e. The number of unbranched alkanes of at least 4 members (excludes halogenated alkanes) is 1. The molecule has 2 fully saturated rings. The minimum Gasteiger partial charge on any atom is -0.335 e. The number of carbonyl (C=O) groups is 1. The molecule has 0 unspecified atom stereocenters. The Balaban J connectivity index is 0.00000261. The molecule has 152 valence electrons. The molecule has 2 amide bonds. The van der Waals surface area contributed by atoms with Gasteiger partial charge in [-0.2, -0.15) is 0 Å². The summed E-state index contributed by atoms with van der Waals surface area (Å²) < 4.78 is 12.9. The van der Waals surface area contributed by atoms with Gasteiger partial charge in [0.15, 0.2) is 0 Å². The molecule has 1 heterocycles. The van der Waals surface area contributed by atoms with Crippen LogP contribution in [-0.2, 0) is 6.42 Å². The number of urea groups is 1. The fourth-order valence-corrected chi connectivity index (χ4v) is 4.00. The number of hydrogen-bond acceptors (Lipinski definition) is 2. The SMILES string of the molecule is Cl.O=C(NC1CCCCC1)N1CCN(CCCCc2ccc(F)cc2)CC1. The highest BCUT2D eigenvalue weighted by molar-refractivity contribution is 5.85. The fourth-order valence-electron chi connectivity index (χ4n) is 4.00. The molecule has 0 aromatic heterocycles. The second-order valence-electron chi connectivity index (χ2n) is 7.70. The summed E-state index contributed by atoms with van der Waals surface area (Å²) in [6.45, 7) is 4.68. The van der Waals surface area contributed by atoms with Crippen LogP contribution in [0.1, 0.15) is 50.5 Å². The van der Waals surface area contributed by atoms with Gasteiger partial charge in [-0.25, -0.2) is 9.18 Å². The first-order valence-corrected chi connectivity index (χ1v) is 10.2. The van der Waals surface area contributed by atoms with Crippen molar-refractivity contribution in [2.24, 2.45) is 0 Å².